The Hall–Kier alpha value is -2.69. The van der Waals surface area contributed by atoms with Crippen molar-refractivity contribution >= 4 is 11.8 Å². The van der Waals surface area contributed by atoms with Gasteiger partial charge >= 0.3 is 0 Å². The van der Waals surface area contributed by atoms with Crippen molar-refractivity contribution in [3.8, 4) is 0 Å². The molecular formula is C21H23FN2O2. The normalized spacial score (nSPS) is 15.0. The van der Waals surface area contributed by atoms with Crippen LogP contribution >= 0.6 is 0 Å². The fourth-order valence-electron chi connectivity index (χ4n) is 3.23. The van der Waals surface area contributed by atoms with Crippen molar-refractivity contribution in [2.75, 3.05) is 13.1 Å². The van der Waals surface area contributed by atoms with Crippen LogP contribution in [0.1, 0.15) is 44.7 Å². The third-order valence-electron chi connectivity index (χ3n) is 4.93. The van der Waals surface area contributed by atoms with Gasteiger partial charge < -0.3 is 10.2 Å². The molecule has 0 aliphatic carbocycles. The first-order chi connectivity index (χ1) is 12.5. The summed E-state index contributed by atoms with van der Waals surface area (Å²) in [7, 11) is 0. The summed E-state index contributed by atoms with van der Waals surface area (Å²) in [5.41, 5.74) is 2.52. The molecule has 1 fully saturated rings. The van der Waals surface area contributed by atoms with Crippen LogP contribution < -0.4 is 5.32 Å². The molecule has 3 rings (SSSR count). The summed E-state index contributed by atoms with van der Waals surface area (Å²) in [6.07, 6.45) is 1.38. The van der Waals surface area contributed by atoms with E-state index in [4.69, 9.17) is 0 Å². The molecule has 1 N–H and O–H groups in total. The maximum atomic E-state index is 13.7. The lowest BCUT2D eigenvalue weighted by Gasteiger charge is -2.32. The average molecular weight is 354 g/mol. The minimum atomic E-state index is -0.365. The molecule has 0 saturated carbocycles. The maximum Gasteiger partial charge on any atom is 0.253 e. The highest BCUT2D eigenvalue weighted by Crippen LogP contribution is 2.17. The van der Waals surface area contributed by atoms with Gasteiger partial charge in [-0.25, -0.2) is 4.39 Å². The number of aryl methyl sites for hydroxylation is 2. The van der Waals surface area contributed by atoms with Gasteiger partial charge in [0.05, 0.1) is 0 Å². The van der Waals surface area contributed by atoms with Crippen molar-refractivity contribution < 1.29 is 14.0 Å². The van der Waals surface area contributed by atoms with Gasteiger partial charge in [-0.3, -0.25) is 9.59 Å². The van der Waals surface area contributed by atoms with Crippen LogP contribution in [0.5, 0.6) is 0 Å². The largest absolute Gasteiger partial charge is 0.349 e. The highest BCUT2D eigenvalue weighted by atomic mass is 19.1. The standard InChI is InChI=1S/C21H23FN2O2/c1-14-5-3-4-6-18(14)20(25)23-17-9-11-24(12-10-17)21(26)16-8-7-15(2)19(22)13-16/h3-8,13,17H,9-12H2,1-2H3,(H,23,25). The third kappa shape index (κ3) is 3.93. The smallest absolute Gasteiger partial charge is 0.253 e. The van der Waals surface area contributed by atoms with Crippen LogP contribution in [0.15, 0.2) is 42.5 Å². The molecular weight excluding hydrogens is 331 g/mol. The second-order valence-electron chi connectivity index (χ2n) is 6.82. The van der Waals surface area contributed by atoms with Gasteiger partial charge in [0.25, 0.3) is 11.8 Å². The average Bonchev–Trinajstić information content (AvgIpc) is 2.64. The first-order valence-electron chi connectivity index (χ1n) is 8.87. The van der Waals surface area contributed by atoms with E-state index in [2.05, 4.69) is 5.32 Å². The predicted molar refractivity (Wildman–Crippen MR) is 98.7 cm³/mol. The number of hydrogen-bond acceptors (Lipinski definition) is 2. The number of nitrogens with one attached hydrogen (secondary N) is 1. The summed E-state index contributed by atoms with van der Waals surface area (Å²) in [6.45, 7) is 4.68. The summed E-state index contributed by atoms with van der Waals surface area (Å²) in [6, 6.07) is 12.1. The number of benzene rings is 2. The molecule has 1 heterocycles. The zero-order chi connectivity index (χ0) is 18.7. The van der Waals surface area contributed by atoms with Gasteiger partial charge in [-0.1, -0.05) is 24.3 Å². The van der Waals surface area contributed by atoms with Crippen LogP contribution in [-0.2, 0) is 0 Å². The number of nitrogens with zero attached hydrogens (tertiary/aromatic N) is 1. The number of amides is 2. The molecule has 1 aliphatic rings. The SMILES string of the molecule is Cc1ccc(C(=O)N2CCC(NC(=O)c3ccccc3C)CC2)cc1F. The molecule has 0 atom stereocenters. The van der Waals surface area contributed by atoms with Crippen molar-refractivity contribution in [1.82, 2.24) is 10.2 Å². The number of hydrogen-bond donors (Lipinski definition) is 1. The number of likely N-dealkylation sites (tertiary alicyclic amines) is 1. The Morgan fingerprint density at radius 3 is 2.38 bits per heavy atom. The molecule has 26 heavy (non-hydrogen) atoms. The van der Waals surface area contributed by atoms with E-state index in [0.29, 0.717) is 42.6 Å². The number of halogens is 1. The predicted octanol–water partition coefficient (Wildman–Crippen LogP) is 3.48. The Morgan fingerprint density at radius 2 is 1.73 bits per heavy atom. The highest BCUT2D eigenvalue weighted by molar-refractivity contribution is 5.96. The Morgan fingerprint density at radius 1 is 1.04 bits per heavy atom. The quantitative estimate of drug-likeness (QED) is 0.917. The van der Waals surface area contributed by atoms with Gasteiger partial charge in [-0.15, -0.1) is 0 Å². The van der Waals surface area contributed by atoms with E-state index in [1.165, 1.54) is 6.07 Å². The van der Waals surface area contributed by atoms with Crippen molar-refractivity contribution in [2.24, 2.45) is 0 Å². The van der Waals surface area contributed by atoms with Crippen molar-refractivity contribution in [1.29, 1.82) is 0 Å². The summed E-state index contributed by atoms with van der Waals surface area (Å²) in [5.74, 6) is -0.600. The number of piperidine rings is 1. The van der Waals surface area contributed by atoms with Crippen LogP contribution in [0.2, 0.25) is 0 Å². The Bertz CT molecular complexity index is 827. The van der Waals surface area contributed by atoms with Gasteiger partial charge in [-0.2, -0.15) is 0 Å². The zero-order valence-corrected chi connectivity index (χ0v) is 15.1. The Kier molecular flexibility index (Phi) is 5.35. The van der Waals surface area contributed by atoms with Gasteiger partial charge in [-0.05, 0) is 56.0 Å². The summed E-state index contributed by atoms with van der Waals surface area (Å²) in [4.78, 5) is 26.7. The Labute approximate surface area is 153 Å². The highest BCUT2D eigenvalue weighted by Gasteiger charge is 2.25. The van der Waals surface area contributed by atoms with E-state index < -0.39 is 0 Å². The molecule has 2 amide bonds. The van der Waals surface area contributed by atoms with Crippen LogP contribution in [0.25, 0.3) is 0 Å². The van der Waals surface area contributed by atoms with Crippen molar-refractivity contribution in [2.45, 2.75) is 32.7 Å². The van der Waals surface area contributed by atoms with Crippen molar-refractivity contribution in [3.05, 3.63) is 70.5 Å². The molecule has 5 heteroatoms. The van der Waals surface area contributed by atoms with E-state index in [0.717, 1.165) is 5.56 Å². The maximum absolute atomic E-state index is 13.7. The molecule has 0 radical (unpaired) electrons. The van der Waals surface area contributed by atoms with Gasteiger partial charge in [0.15, 0.2) is 0 Å². The monoisotopic (exact) mass is 354 g/mol. The van der Waals surface area contributed by atoms with E-state index in [1.54, 1.807) is 24.0 Å². The van der Waals surface area contributed by atoms with Gasteiger partial charge in [0.2, 0.25) is 0 Å². The minimum absolute atomic E-state index is 0.0425. The fourth-order valence-corrected chi connectivity index (χ4v) is 3.23. The molecule has 1 aliphatic heterocycles. The molecule has 2 aromatic rings. The third-order valence-corrected chi connectivity index (χ3v) is 4.93. The number of carbonyl (C=O) groups excluding carboxylic acids is 2. The van der Waals surface area contributed by atoms with Gasteiger partial charge in [0, 0.05) is 30.3 Å². The lowest BCUT2D eigenvalue weighted by atomic mass is 10.0. The molecule has 4 nitrogen and oxygen atoms in total. The second-order valence-corrected chi connectivity index (χ2v) is 6.82. The zero-order valence-electron chi connectivity index (χ0n) is 15.1. The molecule has 0 aromatic heterocycles. The fraction of sp³-hybridized carbons (Fsp3) is 0.333. The Balaban J connectivity index is 1.57. The molecule has 1 saturated heterocycles. The summed E-state index contributed by atoms with van der Waals surface area (Å²) in [5, 5.41) is 3.05. The van der Waals surface area contributed by atoms with E-state index in [1.807, 2.05) is 31.2 Å². The minimum Gasteiger partial charge on any atom is -0.349 e. The first-order valence-corrected chi connectivity index (χ1v) is 8.87. The summed E-state index contributed by atoms with van der Waals surface area (Å²) >= 11 is 0. The van der Waals surface area contributed by atoms with Crippen LogP contribution in [-0.4, -0.2) is 35.8 Å². The van der Waals surface area contributed by atoms with Gasteiger partial charge in [0.1, 0.15) is 5.82 Å². The number of rotatable bonds is 3. The number of carbonyl (C=O) groups is 2. The van der Waals surface area contributed by atoms with E-state index in [-0.39, 0.29) is 23.7 Å². The van der Waals surface area contributed by atoms with Crippen LogP contribution in [0.4, 0.5) is 4.39 Å². The molecule has 0 spiro atoms. The lowest BCUT2D eigenvalue weighted by molar-refractivity contribution is 0.0697. The molecule has 136 valence electrons. The topological polar surface area (TPSA) is 49.4 Å². The lowest BCUT2D eigenvalue weighted by Crippen LogP contribution is -2.46. The molecule has 0 bridgehead atoms. The van der Waals surface area contributed by atoms with Crippen LogP contribution in [0.3, 0.4) is 0 Å². The van der Waals surface area contributed by atoms with Crippen LogP contribution in [0, 0.1) is 19.7 Å². The van der Waals surface area contributed by atoms with E-state index >= 15 is 0 Å². The van der Waals surface area contributed by atoms with Crippen molar-refractivity contribution in [3.63, 3.8) is 0 Å². The first kappa shape index (κ1) is 18.1. The van der Waals surface area contributed by atoms with E-state index in [9.17, 15) is 14.0 Å². The molecule has 2 aromatic carbocycles. The summed E-state index contributed by atoms with van der Waals surface area (Å²) < 4.78 is 13.7. The second kappa shape index (κ2) is 7.68. The molecule has 0 unspecified atom stereocenters.